The van der Waals surface area contributed by atoms with E-state index in [2.05, 4.69) is 21.2 Å². The van der Waals surface area contributed by atoms with Crippen LogP contribution >= 0.6 is 15.9 Å². The topological polar surface area (TPSA) is 58.6 Å². The van der Waals surface area contributed by atoms with Crippen LogP contribution in [0.4, 0.5) is 0 Å². The third kappa shape index (κ3) is 6.89. The van der Waals surface area contributed by atoms with Gasteiger partial charge in [0, 0.05) is 17.1 Å². The third-order valence-electron chi connectivity index (χ3n) is 4.88. The molecule has 0 aliphatic rings. The summed E-state index contributed by atoms with van der Waals surface area (Å²) in [5.74, 6) is 0.268. The number of rotatable bonds is 9. The molecule has 2 atom stereocenters. The van der Waals surface area contributed by atoms with Crippen LogP contribution in [0.5, 0.6) is 5.75 Å². The molecule has 5 nitrogen and oxygen atoms in total. The Morgan fingerprint density at radius 3 is 2.38 bits per heavy atom. The highest BCUT2D eigenvalue weighted by atomic mass is 79.9. The highest BCUT2D eigenvalue weighted by Gasteiger charge is 2.27. The number of benzene rings is 2. The Bertz CT molecular complexity index is 823. The van der Waals surface area contributed by atoms with E-state index >= 15 is 0 Å². The number of hydrogen-bond donors (Lipinski definition) is 1. The van der Waals surface area contributed by atoms with Crippen molar-refractivity contribution in [2.45, 2.75) is 52.7 Å². The van der Waals surface area contributed by atoms with Crippen molar-refractivity contribution < 1.29 is 14.3 Å². The predicted octanol–water partition coefficient (Wildman–Crippen LogP) is 4.47. The first-order chi connectivity index (χ1) is 13.8. The van der Waals surface area contributed by atoms with E-state index in [1.165, 1.54) is 0 Å². The molecule has 0 saturated heterocycles. The van der Waals surface area contributed by atoms with Crippen LogP contribution in [-0.4, -0.2) is 35.4 Å². The van der Waals surface area contributed by atoms with Gasteiger partial charge < -0.3 is 15.0 Å². The maximum Gasteiger partial charge on any atom is 0.261 e. The van der Waals surface area contributed by atoms with Crippen molar-refractivity contribution in [3.05, 3.63) is 64.1 Å². The average molecular weight is 461 g/mol. The lowest BCUT2D eigenvalue weighted by atomic mass is 10.1. The molecule has 0 aliphatic heterocycles. The number of nitrogens with one attached hydrogen (secondary N) is 1. The van der Waals surface area contributed by atoms with E-state index in [-0.39, 0.29) is 24.5 Å². The first-order valence-electron chi connectivity index (χ1n) is 9.84. The first kappa shape index (κ1) is 22.9. The smallest absolute Gasteiger partial charge is 0.261 e. The summed E-state index contributed by atoms with van der Waals surface area (Å²) in [6, 6.07) is 14.7. The van der Waals surface area contributed by atoms with Crippen molar-refractivity contribution in [1.82, 2.24) is 10.2 Å². The lowest BCUT2D eigenvalue weighted by Gasteiger charge is -2.29. The van der Waals surface area contributed by atoms with E-state index in [0.29, 0.717) is 12.3 Å². The molecule has 2 rings (SSSR count). The standard InChI is InChI=1S/C23H29BrN2O3/c1-5-17(3)25-23(28)18(4)26(14-19-10-12-20(24)13-11-19)22(27)15-29-21-9-7-6-8-16(21)2/h6-13,17-18H,5,14-15H2,1-4H3,(H,25,28)/t17-,18-/m1/s1. The largest absolute Gasteiger partial charge is 0.484 e. The van der Waals surface area contributed by atoms with Gasteiger partial charge in [-0.15, -0.1) is 0 Å². The summed E-state index contributed by atoms with van der Waals surface area (Å²) < 4.78 is 6.70. The van der Waals surface area contributed by atoms with Crippen LogP contribution in [0.25, 0.3) is 0 Å². The number of carbonyl (C=O) groups is 2. The van der Waals surface area contributed by atoms with Gasteiger partial charge in [0.15, 0.2) is 6.61 Å². The molecule has 2 aromatic carbocycles. The number of para-hydroxylation sites is 1. The number of nitrogens with zero attached hydrogens (tertiary/aromatic N) is 1. The number of hydrogen-bond acceptors (Lipinski definition) is 3. The van der Waals surface area contributed by atoms with E-state index in [1.807, 2.05) is 69.3 Å². The zero-order valence-electron chi connectivity index (χ0n) is 17.4. The van der Waals surface area contributed by atoms with E-state index < -0.39 is 6.04 Å². The summed E-state index contributed by atoms with van der Waals surface area (Å²) in [4.78, 5) is 27.3. The Hall–Kier alpha value is -2.34. The van der Waals surface area contributed by atoms with Crippen molar-refractivity contribution in [2.75, 3.05) is 6.61 Å². The second-order valence-electron chi connectivity index (χ2n) is 7.20. The second kappa shape index (κ2) is 11.0. The van der Waals surface area contributed by atoms with Crippen molar-refractivity contribution in [1.29, 1.82) is 0 Å². The summed E-state index contributed by atoms with van der Waals surface area (Å²) in [6.07, 6.45) is 0.829. The molecule has 2 amide bonds. The fraction of sp³-hybridized carbons (Fsp3) is 0.391. The van der Waals surface area contributed by atoms with Crippen LogP contribution < -0.4 is 10.1 Å². The molecule has 0 heterocycles. The van der Waals surface area contributed by atoms with Crippen LogP contribution in [-0.2, 0) is 16.1 Å². The second-order valence-corrected chi connectivity index (χ2v) is 8.11. The Morgan fingerprint density at radius 1 is 1.10 bits per heavy atom. The zero-order chi connectivity index (χ0) is 21.4. The minimum absolute atomic E-state index is 0.0535. The monoisotopic (exact) mass is 460 g/mol. The van der Waals surface area contributed by atoms with Gasteiger partial charge in [-0.2, -0.15) is 0 Å². The van der Waals surface area contributed by atoms with Crippen LogP contribution in [0.2, 0.25) is 0 Å². The van der Waals surface area contributed by atoms with Gasteiger partial charge in [0.2, 0.25) is 5.91 Å². The van der Waals surface area contributed by atoms with Gasteiger partial charge in [-0.05, 0) is 56.5 Å². The molecule has 2 aromatic rings. The van der Waals surface area contributed by atoms with Crippen molar-refractivity contribution in [2.24, 2.45) is 0 Å². The molecule has 0 unspecified atom stereocenters. The zero-order valence-corrected chi connectivity index (χ0v) is 19.0. The quantitative estimate of drug-likeness (QED) is 0.600. The highest BCUT2D eigenvalue weighted by molar-refractivity contribution is 9.10. The molecule has 0 saturated carbocycles. The summed E-state index contributed by atoms with van der Waals surface area (Å²) in [6.45, 7) is 7.85. The summed E-state index contributed by atoms with van der Waals surface area (Å²) >= 11 is 3.42. The lowest BCUT2D eigenvalue weighted by Crippen LogP contribution is -2.50. The SMILES string of the molecule is CC[C@@H](C)NC(=O)[C@@H](C)N(Cc1ccc(Br)cc1)C(=O)COc1ccccc1C. The molecule has 0 fully saturated rings. The van der Waals surface area contributed by atoms with E-state index in [0.717, 1.165) is 22.0 Å². The summed E-state index contributed by atoms with van der Waals surface area (Å²) in [7, 11) is 0. The molecule has 0 spiro atoms. The normalized spacial score (nSPS) is 12.7. The fourth-order valence-corrected chi connectivity index (χ4v) is 3.04. The summed E-state index contributed by atoms with van der Waals surface area (Å²) in [5, 5.41) is 2.96. The van der Waals surface area contributed by atoms with Gasteiger partial charge in [-0.25, -0.2) is 0 Å². The van der Waals surface area contributed by atoms with Crippen molar-refractivity contribution >= 4 is 27.7 Å². The molecule has 29 heavy (non-hydrogen) atoms. The number of halogens is 1. The Kier molecular flexibility index (Phi) is 8.70. The summed E-state index contributed by atoms with van der Waals surface area (Å²) in [5.41, 5.74) is 1.91. The molecule has 0 aliphatic carbocycles. The number of carbonyl (C=O) groups excluding carboxylic acids is 2. The molecule has 0 bridgehead atoms. The first-order valence-corrected chi connectivity index (χ1v) is 10.6. The molecule has 156 valence electrons. The van der Waals surface area contributed by atoms with Gasteiger partial charge in [-0.1, -0.05) is 53.2 Å². The van der Waals surface area contributed by atoms with Crippen LogP contribution in [0.1, 0.15) is 38.3 Å². The highest BCUT2D eigenvalue weighted by Crippen LogP contribution is 2.18. The lowest BCUT2D eigenvalue weighted by molar-refractivity contribution is -0.142. The molecule has 0 aromatic heterocycles. The van der Waals surface area contributed by atoms with Crippen molar-refractivity contribution in [3.63, 3.8) is 0 Å². The molecule has 0 radical (unpaired) electrons. The number of ether oxygens (including phenoxy) is 1. The molecule has 6 heteroatoms. The molecular weight excluding hydrogens is 432 g/mol. The number of amides is 2. The molecule has 1 N–H and O–H groups in total. The van der Waals surface area contributed by atoms with Crippen molar-refractivity contribution in [3.8, 4) is 5.75 Å². The number of aryl methyl sites for hydroxylation is 1. The van der Waals surface area contributed by atoms with Gasteiger partial charge in [0.05, 0.1) is 0 Å². The fourth-order valence-electron chi connectivity index (χ4n) is 2.78. The maximum absolute atomic E-state index is 13.0. The van der Waals surface area contributed by atoms with Gasteiger partial charge >= 0.3 is 0 Å². The predicted molar refractivity (Wildman–Crippen MR) is 119 cm³/mol. The van der Waals surface area contributed by atoms with E-state index in [1.54, 1.807) is 11.8 Å². The van der Waals surface area contributed by atoms with Gasteiger partial charge in [-0.3, -0.25) is 9.59 Å². The van der Waals surface area contributed by atoms with Gasteiger partial charge in [0.25, 0.3) is 5.91 Å². The van der Waals surface area contributed by atoms with Gasteiger partial charge in [0.1, 0.15) is 11.8 Å². The third-order valence-corrected chi connectivity index (χ3v) is 5.41. The average Bonchev–Trinajstić information content (AvgIpc) is 2.71. The Morgan fingerprint density at radius 2 is 1.76 bits per heavy atom. The Balaban J connectivity index is 2.15. The molecular formula is C23H29BrN2O3. The van der Waals surface area contributed by atoms with Crippen LogP contribution in [0.15, 0.2) is 53.0 Å². The minimum atomic E-state index is -0.611. The minimum Gasteiger partial charge on any atom is -0.484 e. The van der Waals surface area contributed by atoms with E-state index in [4.69, 9.17) is 4.74 Å². The van der Waals surface area contributed by atoms with Crippen LogP contribution in [0, 0.1) is 6.92 Å². The van der Waals surface area contributed by atoms with Crippen LogP contribution in [0.3, 0.4) is 0 Å². The maximum atomic E-state index is 13.0. The van der Waals surface area contributed by atoms with E-state index in [9.17, 15) is 9.59 Å². The Labute approximate surface area is 181 Å².